The zero-order valence-corrected chi connectivity index (χ0v) is 15.9. The van der Waals surface area contributed by atoms with Crippen LogP contribution < -0.4 is 10.6 Å². The van der Waals surface area contributed by atoms with Crippen LogP contribution in [0.3, 0.4) is 0 Å². The van der Waals surface area contributed by atoms with Gasteiger partial charge in [0.05, 0.1) is 0 Å². The number of nitrogens with zero attached hydrogens (tertiary/aromatic N) is 2. The monoisotopic (exact) mass is 380 g/mol. The number of anilines is 1. The lowest BCUT2D eigenvalue weighted by Gasteiger charge is -2.34. The average molecular weight is 380 g/mol. The Morgan fingerprint density at radius 2 is 1.43 bits per heavy atom. The largest absolute Gasteiger partial charge is 0.352 e. The van der Waals surface area contributed by atoms with Gasteiger partial charge in [-0.15, -0.1) is 0 Å². The van der Waals surface area contributed by atoms with Crippen molar-refractivity contribution in [3.8, 4) is 0 Å². The predicted molar refractivity (Wildman–Crippen MR) is 107 cm³/mol. The Kier molecular flexibility index (Phi) is 6.26. The number of nitrogens with one attached hydrogen (secondary N) is 2. The molecular weight excluding hydrogens is 356 g/mol. The molecule has 2 N–H and O–H groups in total. The molecule has 1 saturated heterocycles. The number of benzene rings is 2. The lowest BCUT2D eigenvalue weighted by atomic mass is 10.2. The van der Waals surface area contributed by atoms with E-state index in [1.165, 1.54) is 0 Å². The van der Waals surface area contributed by atoms with Crippen LogP contribution in [-0.4, -0.2) is 60.4 Å². The highest BCUT2D eigenvalue weighted by Gasteiger charge is 2.24. The van der Waals surface area contributed by atoms with Crippen molar-refractivity contribution in [2.45, 2.75) is 6.92 Å². The fourth-order valence-electron chi connectivity index (χ4n) is 3.05. The Morgan fingerprint density at radius 1 is 0.821 bits per heavy atom. The topological polar surface area (TPSA) is 81.8 Å². The van der Waals surface area contributed by atoms with Crippen LogP contribution >= 0.6 is 0 Å². The van der Waals surface area contributed by atoms with E-state index >= 15 is 0 Å². The molecule has 0 radical (unpaired) electrons. The molecule has 7 nitrogen and oxygen atoms in total. The number of piperazine rings is 1. The van der Waals surface area contributed by atoms with Gasteiger partial charge in [-0.3, -0.25) is 9.59 Å². The molecule has 2 aromatic carbocycles. The fourth-order valence-corrected chi connectivity index (χ4v) is 3.05. The summed E-state index contributed by atoms with van der Waals surface area (Å²) in [6.45, 7) is 4.37. The quantitative estimate of drug-likeness (QED) is 0.855. The Labute approximate surface area is 164 Å². The van der Waals surface area contributed by atoms with Crippen molar-refractivity contribution in [3.63, 3.8) is 0 Å². The van der Waals surface area contributed by atoms with Gasteiger partial charge in [0.1, 0.15) is 0 Å². The van der Waals surface area contributed by atoms with Crippen molar-refractivity contribution in [1.82, 2.24) is 15.1 Å². The molecule has 0 atom stereocenters. The third-order valence-electron chi connectivity index (χ3n) is 4.61. The van der Waals surface area contributed by atoms with Gasteiger partial charge in [-0.05, 0) is 43.3 Å². The second kappa shape index (κ2) is 9.03. The summed E-state index contributed by atoms with van der Waals surface area (Å²) in [7, 11) is 0. The Balaban J connectivity index is 1.51. The first-order valence-electron chi connectivity index (χ1n) is 9.37. The molecule has 0 aliphatic carbocycles. The molecule has 0 aromatic heterocycles. The fraction of sp³-hybridized carbons (Fsp3) is 0.286. The third kappa shape index (κ3) is 4.68. The van der Waals surface area contributed by atoms with E-state index in [2.05, 4.69) is 10.6 Å². The molecule has 0 spiro atoms. The normalized spacial score (nSPS) is 13.8. The van der Waals surface area contributed by atoms with E-state index in [0.717, 1.165) is 0 Å². The van der Waals surface area contributed by atoms with Gasteiger partial charge in [-0.25, -0.2) is 4.79 Å². The molecule has 1 aliphatic rings. The van der Waals surface area contributed by atoms with Crippen LogP contribution in [-0.2, 0) is 0 Å². The van der Waals surface area contributed by atoms with E-state index in [1.54, 1.807) is 46.2 Å². The van der Waals surface area contributed by atoms with Gasteiger partial charge in [0.15, 0.2) is 0 Å². The second-order valence-electron chi connectivity index (χ2n) is 6.51. The molecule has 1 aliphatic heterocycles. The van der Waals surface area contributed by atoms with Gasteiger partial charge in [0, 0.05) is 49.5 Å². The number of urea groups is 1. The molecule has 7 heteroatoms. The van der Waals surface area contributed by atoms with E-state index in [1.807, 2.05) is 25.1 Å². The number of hydrogen-bond donors (Lipinski definition) is 2. The summed E-state index contributed by atoms with van der Waals surface area (Å²) >= 11 is 0. The number of carbonyl (C=O) groups excluding carboxylic acids is 3. The van der Waals surface area contributed by atoms with Crippen molar-refractivity contribution >= 4 is 23.5 Å². The van der Waals surface area contributed by atoms with Crippen LogP contribution in [0.5, 0.6) is 0 Å². The first-order chi connectivity index (χ1) is 13.6. The highest BCUT2D eigenvalue weighted by molar-refractivity contribution is 5.96. The third-order valence-corrected chi connectivity index (χ3v) is 4.61. The Bertz CT molecular complexity index is 828. The molecule has 0 bridgehead atoms. The highest BCUT2D eigenvalue weighted by Crippen LogP contribution is 2.13. The molecule has 3 rings (SSSR count). The SMILES string of the molecule is CCNC(=O)c1ccc(NC(=O)N2CCN(C(=O)c3ccccc3)CC2)cc1. The molecule has 1 heterocycles. The molecular formula is C21H24N4O3. The van der Waals surface area contributed by atoms with Gasteiger partial charge < -0.3 is 20.4 Å². The van der Waals surface area contributed by atoms with Crippen LogP contribution in [0.25, 0.3) is 0 Å². The number of amides is 4. The summed E-state index contributed by atoms with van der Waals surface area (Å²) in [5, 5.41) is 5.57. The summed E-state index contributed by atoms with van der Waals surface area (Å²) in [5.41, 5.74) is 1.83. The minimum absolute atomic E-state index is 0.0124. The molecule has 0 unspecified atom stereocenters. The van der Waals surface area contributed by atoms with E-state index in [4.69, 9.17) is 0 Å². The van der Waals surface area contributed by atoms with E-state index in [0.29, 0.717) is 49.5 Å². The summed E-state index contributed by atoms with van der Waals surface area (Å²) in [5.74, 6) is -0.152. The van der Waals surface area contributed by atoms with Gasteiger partial charge in [-0.1, -0.05) is 18.2 Å². The molecule has 0 saturated carbocycles. The smallest absolute Gasteiger partial charge is 0.321 e. The van der Waals surface area contributed by atoms with Crippen LogP contribution in [0.2, 0.25) is 0 Å². The summed E-state index contributed by atoms with van der Waals surface area (Å²) in [6, 6.07) is 15.7. The van der Waals surface area contributed by atoms with Crippen LogP contribution in [0.15, 0.2) is 54.6 Å². The second-order valence-corrected chi connectivity index (χ2v) is 6.51. The summed E-state index contributed by atoms with van der Waals surface area (Å²) in [4.78, 5) is 40.2. The zero-order valence-electron chi connectivity index (χ0n) is 15.9. The highest BCUT2D eigenvalue weighted by atomic mass is 16.2. The van der Waals surface area contributed by atoms with Gasteiger partial charge in [0.2, 0.25) is 0 Å². The standard InChI is InChI=1S/C21H24N4O3/c1-2-22-19(26)16-8-10-18(11-9-16)23-21(28)25-14-12-24(13-15-25)20(27)17-6-4-3-5-7-17/h3-11H,2,12-15H2,1H3,(H,22,26)(H,23,28). The number of rotatable bonds is 4. The lowest BCUT2D eigenvalue weighted by molar-refractivity contribution is 0.0671. The van der Waals surface area contributed by atoms with Gasteiger partial charge >= 0.3 is 6.03 Å². The average Bonchev–Trinajstić information content (AvgIpc) is 2.74. The molecule has 4 amide bonds. The maximum absolute atomic E-state index is 12.5. The molecule has 1 fully saturated rings. The maximum Gasteiger partial charge on any atom is 0.321 e. The van der Waals surface area contributed by atoms with Crippen molar-refractivity contribution in [3.05, 3.63) is 65.7 Å². The molecule has 28 heavy (non-hydrogen) atoms. The number of hydrogen-bond acceptors (Lipinski definition) is 3. The summed E-state index contributed by atoms with van der Waals surface area (Å²) in [6.07, 6.45) is 0. The lowest BCUT2D eigenvalue weighted by Crippen LogP contribution is -2.51. The van der Waals surface area contributed by atoms with Crippen LogP contribution in [0.1, 0.15) is 27.6 Å². The van der Waals surface area contributed by atoms with Gasteiger partial charge in [0.25, 0.3) is 11.8 Å². The van der Waals surface area contributed by atoms with E-state index in [-0.39, 0.29) is 17.8 Å². The first kappa shape index (κ1) is 19.4. The van der Waals surface area contributed by atoms with E-state index < -0.39 is 0 Å². The number of carbonyl (C=O) groups is 3. The van der Waals surface area contributed by atoms with Crippen molar-refractivity contribution in [2.75, 3.05) is 38.0 Å². The zero-order chi connectivity index (χ0) is 19.9. The van der Waals surface area contributed by atoms with Crippen molar-refractivity contribution < 1.29 is 14.4 Å². The Morgan fingerprint density at radius 3 is 2.04 bits per heavy atom. The predicted octanol–water partition coefficient (Wildman–Crippen LogP) is 2.43. The van der Waals surface area contributed by atoms with E-state index in [9.17, 15) is 14.4 Å². The molecule has 2 aromatic rings. The summed E-state index contributed by atoms with van der Waals surface area (Å²) < 4.78 is 0. The Hall–Kier alpha value is -3.35. The van der Waals surface area contributed by atoms with Gasteiger partial charge in [-0.2, -0.15) is 0 Å². The first-order valence-corrected chi connectivity index (χ1v) is 9.37. The maximum atomic E-state index is 12.5. The van der Waals surface area contributed by atoms with Crippen LogP contribution in [0.4, 0.5) is 10.5 Å². The van der Waals surface area contributed by atoms with Crippen molar-refractivity contribution in [2.24, 2.45) is 0 Å². The van der Waals surface area contributed by atoms with Crippen LogP contribution in [0, 0.1) is 0 Å². The minimum atomic E-state index is -0.211. The minimum Gasteiger partial charge on any atom is -0.352 e. The molecule has 146 valence electrons. The van der Waals surface area contributed by atoms with Crippen molar-refractivity contribution in [1.29, 1.82) is 0 Å².